The van der Waals surface area contributed by atoms with Crippen molar-refractivity contribution in [1.82, 2.24) is 0 Å². The van der Waals surface area contributed by atoms with Crippen LogP contribution in [0.25, 0.3) is 0 Å². The molecule has 5 nitrogen and oxygen atoms in total. The largest absolute Gasteiger partial charge is 0.466 e. The summed E-state index contributed by atoms with van der Waals surface area (Å²) in [7, 11) is 1.35. The number of rotatable bonds is 7. The molecule has 1 unspecified atom stereocenters. The van der Waals surface area contributed by atoms with Gasteiger partial charge in [-0.1, -0.05) is 31.9 Å². The number of methoxy groups -OCH3 is 1. The van der Waals surface area contributed by atoms with E-state index in [9.17, 15) is 9.90 Å². The number of carbonyl (C=O) groups is 1. The minimum absolute atomic E-state index is 0.399. The molecule has 1 spiro atoms. The lowest BCUT2D eigenvalue weighted by Gasteiger charge is -2.39. The Morgan fingerprint density at radius 3 is 2.76 bits per heavy atom. The fourth-order valence-corrected chi connectivity index (χ4v) is 3.70. The Hall–Kier alpha value is -1.17. The molecule has 2 aliphatic rings. The molecule has 0 aromatic rings. The third-order valence-corrected chi connectivity index (χ3v) is 5.22. The summed E-state index contributed by atoms with van der Waals surface area (Å²) < 4.78 is 17.0. The normalized spacial score (nSPS) is 31.6. The second kappa shape index (κ2) is 8.97. The van der Waals surface area contributed by atoms with Crippen molar-refractivity contribution in [2.24, 2.45) is 0 Å². The van der Waals surface area contributed by atoms with E-state index < -0.39 is 23.5 Å². The molecule has 0 saturated carbocycles. The molecule has 142 valence electrons. The van der Waals surface area contributed by atoms with Gasteiger partial charge in [0.15, 0.2) is 5.79 Å². The lowest BCUT2D eigenvalue weighted by atomic mass is 9.86. The highest BCUT2D eigenvalue weighted by Gasteiger charge is 2.53. The predicted octanol–water partition coefficient (Wildman–Crippen LogP) is 3.66. The van der Waals surface area contributed by atoms with Crippen LogP contribution in [-0.4, -0.2) is 42.3 Å². The number of hydrogen-bond acceptors (Lipinski definition) is 5. The molecule has 2 rings (SSSR count). The lowest BCUT2D eigenvalue weighted by Crippen LogP contribution is -2.46. The minimum atomic E-state index is -0.732. The first-order valence-electron chi connectivity index (χ1n) is 9.42. The van der Waals surface area contributed by atoms with E-state index in [4.69, 9.17) is 9.47 Å². The number of carbonyl (C=O) groups excluding carboxylic acids is 1. The van der Waals surface area contributed by atoms with E-state index >= 15 is 0 Å². The highest BCUT2D eigenvalue weighted by atomic mass is 16.7. The standard InChI is InChI=1S/C20H32O5/c1-4-5-10-19(12-13-20(25-19)11-6-7-14-24-20)17(21)9-8-16(2)15-18(22)23-3/h8-9,15,17,21H,4-7,10-14H2,1-3H3/b9-8+,16-15+/t17-,19-,20?/m1/s1. The van der Waals surface area contributed by atoms with Crippen LogP contribution < -0.4 is 0 Å². The molecule has 0 bridgehead atoms. The van der Waals surface area contributed by atoms with Gasteiger partial charge in [0.1, 0.15) is 11.7 Å². The molecule has 0 aromatic heterocycles. The van der Waals surface area contributed by atoms with Crippen molar-refractivity contribution in [3.8, 4) is 0 Å². The van der Waals surface area contributed by atoms with Crippen molar-refractivity contribution in [3.63, 3.8) is 0 Å². The van der Waals surface area contributed by atoms with Gasteiger partial charge in [-0.05, 0) is 38.2 Å². The summed E-state index contributed by atoms with van der Waals surface area (Å²) in [5.41, 5.74) is 0.133. The van der Waals surface area contributed by atoms with E-state index in [-0.39, 0.29) is 0 Å². The predicted molar refractivity (Wildman–Crippen MR) is 96.0 cm³/mol. The molecule has 0 aliphatic carbocycles. The summed E-state index contributed by atoms with van der Waals surface area (Å²) in [5.74, 6) is -0.915. The van der Waals surface area contributed by atoms with Crippen LogP contribution in [0.5, 0.6) is 0 Å². The first-order valence-corrected chi connectivity index (χ1v) is 9.42. The Morgan fingerprint density at radius 1 is 1.32 bits per heavy atom. The molecule has 1 N–H and O–H groups in total. The zero-order chi connectivity index (χ0) is 18.3. The maximum Gasteiger partial charge on any atom is 0.330 e. The van der Waals surface area contributed by atoms with Crippen LogP contribution in [0.4, 0.5) is 0 Å². The van der Waals surface area contributed by atoms with E-state index in [1.807, 2.05) is 0 Å². The summed E-state index contributed by atoms with van der Waals surface area (Å²) in [6, 6.07) is 0. The summed E-state index contributed by atoms with van der Waals surface area (Å²) in [5, 5.41) is 10.9. The summed E-state index contributed by atoms with van der Waals surface area (Å²) in [6.45, 7) is 4.68. The first-order chi connectivity index (χ1) is 12.0. The Bertz CT molecular complexity index is 504. The highest BCUT2D eigenvalue weighted by molar-refractivity contribution is 5.83. The number of ether oxygens (including phenoxy) is 3. The average molecular weight is 352 g/mol. The van der Waals surface area contributed by atoms with Crippen molar-refractivity contribution in [3.05, 3.63) is 23.8 Å². The number of allylic oxidation sites excluding steroid dienone is 2. The molecule has 25 heavy (non-hydrogen) atoms. The number of unbranched alkanes of at least 4 members (excludes halogenated alkanes) is 1. The zero-order valence-electron chi connectivity index (χ0n) is 15.8. The van der Waals surface area contributed by atoms with Crippen LogP contribution in [0.15, 0.2) is 23.8 Å². The van der Waals surface area contributed by atoms with E-state index in [1.165, 1.54) is 13.2 Å². The van der Waals surface area contributed by atoms with Gasteiger partial charge in [-0.3, -0.25) is 0 Å². The number of hydrogen-bond donors (Lipinski definition) is 1. The Labute approximate surface area is 151 Å². The highest BCUT2D eigenvalue weighted by Crippen LogP contribution is 2.47. The van der Waals surface area contributed by atoms with Gasteiger partial charge in [0.05, 0.1) is 13.7 Å². The maximum atomic E-state index is 11.3. The second-order valence-corrected chi connectivity index (χ2v) is 7.20. The van der Waals surface area contributed by atoms with Gasteiger partial charge < -0.3 is 19.3 Å². The Kier molecular flexibility index (Phi) is 7.23. The molecular formula is C20H32O5. The summed E-state index contributed by atoms with van der Waals surface area (Å²) in [4.78, 5) is 11.3. The van der Waals surface area contributed by atoms with Gasteiger partial charge >= 0.3 is 5.97 Å². The molecule has 0 aromatic carbocycles. The summed E-state index contributed by atoms with van der Waals surface area (Å²) >= 11 is 0. The Morgan fingerprint density at radius 2 is 2.12 bits per heavy atom. The number of esters is 1. The van der Waals surface area contributed by atoms with Crippen LogP contribution in [0.3, 0.4) is 0 Å². The Balaban J connectivity index is 2.11. The van der Waals surface area contributed by atoms with Gasteiger partial charge in [-0.25, -0.2) is 4.79 Å². The lowest BCUT2D eigenvalue weighted by molar-refractivity contribution is -0.280. The quantitative estimate of drug-likeness (QED) is 0.430. The molecule has 2 heterocycles. The number of aliphatic hydroxyl groups is 1. The van der Waals surface area contributed by atoms with Crippen molar-refractivity contribution < 1.29 is 24.1 Å². The van der Waals surface area contributed by atoms with Crippen molar-refractivity contribution in [2.75, 3.05) is 13.7 Å². The first kappa shape index (κ1) is 20.1. The van der Waals surface area contributed by atoms with E-state index in [2.05, 4.69) is 11.7 Å². The van der Waals surface area contributed by atoms with E-state index in [0.29, 0.717) is 0 Å². The average Bonchev–Trinajstić information content (AvgIpc) is 2.97. The molecule has 2 fully saturated rings. The van der Waals surface area contributed by atoms with Crippen LogP contribution in [0.2, 0.25) is 0 Å². The third-order valence-electron chi connectivity index (χ3n) is 5.22. The molecule has 2 aliphatic heterocycles. The fourth-order valence-electron chi connectivity index (χ4n) is 3.70. The van der Waals surface area contributed by atoms with Gasteiger partial charge in [-0.2, -0.15) is 0 Å². The van der Waals surface area contributed by atoms with Crippen LogP contribution in [0, 0.1) is 0 Å². The van der Waals surface area contributed by atoms with Crippen molar-refractivity contribution in [2.45, 2.75) is 82.7 Å². The van der Waals surface area contributed by atoms with Crippen molar-refractivity contribution >= 4 is 5.97 Å². The molecule has 0 amide bonds. The molecule has 5 heteroatoms. The molecule has 2 saturated heterocycles. The van der Waals surface area contributed by atoms with Crippen molar-refractivity contribution in [1.29, 1.82) is 0 Å². The van der Waals surface area contributed by atoms with Gasteiger partial charge in [0.25, 0.3) is 0 Å². The third kappa shape index (κ3) is 5.16. The smallest absolute Gasteiger partial charge is 0.330 e. The topological polar surface area (TPSA) is 65.0 Å². The molecular weight excluding hydrogens is 320 g/mol. The van der Waals surface area contributed by atoms with Crippen LogP contribution >= 0.6 is 0 Å². The van der Waals surface area contributed by atoms with Crippen LogP contribution in [0.1, 0.15) is 65.2 Å². The van der Waals surface area contributed by atoms with E-state index in [0.717, 1.165) is 63.5 Å². The minimum Gasteiger partial charge on any atom is -0.466 e. The van der Waals surface area contributed by atoms with E-state index in [1.54, 1.807) is 19.1 Å². The van der Waals surface area contributed by atoms with Crippen LogP contribution in [-0.2, 0) is 19.0 Å². The number of aliphatic hydroxyl groups excluding tert-OH is 1. The van der Waals surface area contributed by atoms with Gasteiger partial charge in [0.2, 0.25) is 0 Å². The fraction of sp³-hybridized carbons (Fsp3) is 0.750. The van der Waals surface area contributed by atoms with Gasteiger partial charge in [0, 0.05) is 18.9 Å². The maximum absolute atomic E-state index is 11.3. The molecule has 0 radical (unpaired) electrons. The monoisotopic (exact) mass is 352 g/mol. The summed E-state index contributed by atoms with van der Waals surface area (Å²) in [6.07, 6.45) is 11.7. The van der Waals surface area contributed by atoms with Gasteiger partial charge in [-0.15, -0.1) is 0 Å². The zero-order valence-corrected chi connectivity index (χ0v) is 15.8. The SMILES string of the molecule is CCCC[C@]1([C@H](O)/C=C/C(C)=C/C(=O)OC)CCC2(CCCCO2)O1. The molecule has 3 atom stereocenters. The second-order valence-electron chi connectivity index (χ2n) is 7.20.